The van der Waals surface area contributed by atoms with Gasteiger partial charge in [0.25, 0.3) is 0 Å². The fourth-order valence-electron chi connectivity index (χ4n) is 1.23. The topological polar surface area (TPSA) is 55.4 Å². The Morgan fingerprint density at radius 1 is 1.37 bits per heavy atom. The van der Waals surface area contributed by atoms with Gasteiger partial charge in [0.1, 0.15) is 0 Å². The third-order valence-electron chi connectivity index (χ3n) is 2.00. The SMILES string of the molecule is CCOC(=O)C(=O)Nc1ccc(Cl)cc1C(F)(F)F. The maximum atomic E-state index is 12.7. The van der Waals surface area contributed by atoms with Crippen molar-refractivity contribution in [3.05, 3.63) is 28.8 Å². The van der Waals surface area contributed by atoms with Crippen LogP contribution in [0.15, 0.2) is 18.2 Å². The second-order valence-corrected chi connectivity index (χ2v) is 3.80. The average Bonchev–Trinajstić information content (AvgIpc) is 2.30. The maximum Gasteiger partial charge on any atom is 0.418 e. The molecule has 0 aromatic heterocycles. The van der Waals surface area contributed by atoms with Gasteiger partial charge in [0.05, 0.1) is 17.9 Å². The fourth-order valence-corrected chi connectivity index (χ4v) is 1.40. The van der Waals surface area contributed by atoms with Gasteiger partial charge in [-0.05, 0) is 25.1 Å². The molecule has 1 amide bonds. The largest absolute Gasteiger partial charge is 0.459 e. The lowest BCUT2D eigenvalue weighted by Crippen LogP contribution is -2.26. The number of benzene rings is 1. The molecule has 0 aliphatic rings. The smallest absolute Gasteiger partial charge is 0.418 e. The minimum Gasteiger partial charge on any atom is -0.459 e. The summed E-state index contributed by atoms with van der Waals surface area (Å²) in [6, 6.07) is 2.78. The van der Waals surface area contributed by atoms with Crippen molar-refractivity contribution in [3.63, 3.8) is 0 Å². The second-order valence-electron chi connectivity index (χ2n) is 3.36. The number of hydrogen-bond donors (Lipinski definition) is 1. The molecule has 0 unspecified atom stereocenters. The molecule has 0 aliphatic carbocycles. The van der Waals surface area contributed by atoms with E-state index in [1.807, 2.05) is 5.32 Å². The van der Waals surface area contributed by atoms with Crippen LogP contribution < -0.4 is 5.32 Å². The lowest BCUT2D eigenvalue weighted by atomic mass is 10.1. The molecule has 104 valence electrons. The predicted octanol–water partition coefficient (Wildman–Crippen LogP) is 2.86. The van der Waals surface area contributed by atoms with Crippen molar-refractivity contribution >= 4 is 29.2 Å². The van der Waals surface area contributed by atoms with Crippen LogP contribution in [0.5, 0.6) is 0 Å². The number of carbonyl (C=O) groups excluding carboxylic acids is 2. The Bertz CT molecular complexity index is 502. The molecule has 0 saturated heterocycles. The number of nitrogens with one attached hydrogen (secondary N) is 1. The van der Waals surface area contributed by atoms with Crippen LogP contribution in [0.25, 0.3) is 0 Å². The highest BCUT2D eigenvalue weighted by molar-refractivity contribution is 6.37. The van der Waals surface area contributed by atoms with Gasteiger partial charge in [0, 0.05) is 5.02 Å². The second kappa shape index (κ2) is 5.92. The van der Waals surface area contributed by atoms with E-state index >= 15 is 0 Å². The Kier molecular flexibility index (Phi) is 4.77. The van der Waals surface area contributed by atoms with Crippen molar-refractivity contribution in [2.45, 2.75) is 13.1 Å². The standard InChI is InChI=1S/C11H9ClF3NO3/c1-2-19-10(18)9(17)16-8-4-3-6(12)5-7(8)11(13,14)15/h3-5H,2H2,1H3,(H,16,17). The summed E-state index contributed by atoms with van der Waals surface area (Å²) < 4.78 is 42.5. The minimum absolute atomic E-state index is 0.0565. The molecule has 1 N–H and O–H groups in total. The monoisotopic (exact) mass is 295 g/mol. The maximum absolute atomic E-state index is 12.7. The zero-order valence-corrected chi connectivity index (χ0v) is 10.4. The van der Waals surface area contributed by atoms with Crippen LogP contribution in [0, 0.1) is 0 Å². The summed E-state index contributed by atoms with van der Waals surface area (Å²) in [4.78, 5) is 22.3. The van der Waals surface area contributed by atoms with Crippen molar-refractivity contribution in [2.24, 2.45) is 0 Å². The first-order valence-corrected chi connectivity index (χ1v) is 5.48. The van der Waals surface area contributed by atoms with Gasteiger partial charge in [-0.15, -0.1) is 0 Å². The Morgan fingerprint density at radius 3 is 2.53 bits per heavy atom. The third kappa shape index (κ3) is 4.13. The molecule has 1 aromatic carbocycles. The third-order valence-corrected chi connectivity index (χ3v) is 2.23. The zero-order valence-electron chi connectivity index (χ0n) is 9.68. The molecule has 4 nitrogen and oxygen atoms in total. The van der Waals surface area contributed by atoms with Gasteiger partial charge in [0.15, 0.2) is 0 Å². The minimum atomic E-state index is -4.71. The van der Waals surface area contributed by atoms with Crippen molar-refractivity contribution in [3.8, 4) is 0 Å². The molecule has 0 radical (unpaired) electrons. The van der Waals surface area contributed by atoms with Crippen LogP contribution in [-0.2, 0) is 20.5 Å². The summed E-state index contributed by atoms with van der Waals surface area (Å²) in [5.41, 5.74) is -1.70. The summed E-state index contributed by atoms with van der Waals surface area (Å²) in [5.74, 6) is -2.54. The van der Waals surface area contributed by atoms with Crippen molar-refractivity contribution in [1.82, 2.24) is 0 Å². The van der Waals surface area contributed by atoms with Crippen molar-refractivity contribution < 1.29 is 27.5 Å². The van der Waals surface area contributed by atoms with E-state index in [1.165, 1.54) is 6.92 Å². The van der Waals surface area contributed by atoms with Gasteiger partial charge in [-0.3, -0.25) is 4.79 Å². The number of amides is 1. The van der Waals surface area contributed by atoms with Crippen molar-refractivity contribution in [2.75, 3.05) is 11.9 Å². The van der Waals surface area contributed by atoms with E-state index in [1.54, 1.807) is 0 Å². The Hall–Kier alpha value is -1.76. The molecule has 0 atom stereocenters. The van der Waals surface area contributed by atoms with Crippen molar-refractivity contribution in [1.29, 1.82) is 0 Å². The number of carbonyl (C=O) groups is 2. The summed E-state index contributed by atoms with van der Waals surface area (Å²) in [7, 11) is 0. The normalized spacial score (nSPS) is 11.0. The van der Waals surface area contributed by atoms with E-state index in [9.17, 15) is 22.8 Å². The quantitative estimate of drug-likeness (QED) is 0.674. The van der Waals surface area contributed by atoms with Crippen LogP contribution in [0.1, 0.15) is 12.5 Å². The van der Waals surface area contributed by atoms with Crippen LogP contribution in [-0.4, -0.2) is 18.5 Å². The van der Waals surface area contributed by atoms with Gasteiger partial charge >= 0.3 is 18.1 Å². The van der Waals surface area contributed by atoms with E-state index in [2.05, 4.69) is 4.74 Å². The summed E-state index contributed by atoms with van der Waals surface area (Å²) in [5, 5.41) is 1.70. The number of ether oxygens (including phenoxy) is 1. The van der Waals surface area contributed by atoms with Crippen LogP contribution in [0.3, 0.4) is 0 Å². The lowest BCUT2D eigenvalue weighted by molar-refractivity contribution is -0.152. The lowest BCUT2D eigenvalue weighted by Gasteiger charge is -2.13. The summed E-state index contributed by atoms with van der Waals surface area (Å²) >= 11 is 5.47. The summed E-state index contributed by atoms with van der Waals surface area (Å²) in [6.07, 6.45) is -4.71. The number of esters is 1. The Balaban J connectivity index is 3.02. The highest BCUT2D eigenvalue weighted by Gasteiger charge is 2.34. The van der Waals surface area contributed by atoms with Crippen LogP contribution >= 0.6 is 11.6 Å². The highest BCUT2D eigenvalue weighted by atomic mass is 35.5. The molecule has 19 heavy (non-hydrogen) atoms. The number of anilines is 1. The number of hydrogen-bond acceptors (Lipinski definition) is 3. The first kappa shape index (κ1) is 15.3. The van der Waals surface area contributed by atoms with Gasteiger partial charge in [-0.25, -0.2) is 4.79 Å². The van der Waals surface area contributed by atoms with E-state index < -0.39 is 29.3 Å². The molecular formula is C11H9ClF3NO3. The fraction of sp³-hybridized carbons (Fsp3) is 0.273. The number of rotatable bonds is 2. The molecule has 0 saturated carbocycles. The van der Waals surface area contributed by atoms with Gasteiger partial charge in [-0.2, -0.15) is 13.2 Å². The van der Waals surface area contributed by atoms with E-state index in [0.29, 0.717) is 6.07 Å². The van der Waals surface area contributed by atoms with Crippen LogP contribution in [0.2, 0.25) is 5.02 Å². The number of halogens is 4. The molecular weight excluding hydrogens is 287 g/mol. The van der Waals surface area contributed by atoms with Gasteiger partial charge in [-0.1, -0.05) is 11.6 Å². The molecule has 0 heterocycles. The average molecular weight is 296 g/mol. The van der Waals surface area contributed by atoms with Gasteiger partial charge < -0.3 is 10.1 Å². The molecule has 1 rings (SSSR count). The molecule has 0 fully saturated rings. The molecule has 0 spiro atoms. The summed E-state index contributed by atoms with van der Waals surface area (Å²) in [6.45, 7) is 1.41. The highest BCUT2D eigenvalue weighted by Crippen LogP contribution is 2.36. The van der Waals surface area contributed by atoms with E-state index in [-0.39, 0.29) is 11.6 Å². The Morgan fingerprint density at radius 2 is 2.00 bits per heavy atom. The first-order valence-electron chi connectivity index (χ1n) is 5.10. The molecule has 1 aromatic rings. The predicted molar refractivity (Wildman–Crippen MR) is 61.7 cm³/mol. The zero-order chi connectivity index (χ0) is 14.6. The first-order chi connectivity index (χ1) is 8.75. The molecule has 8 heteroatoms. The molecule has 0 bridgehead atoms. The van der Waals surface area contributed by atoms with Gasteiger partial charge in [0.2, 0.25) is 0 Å². The van der Waals surface area contributed by atoms with E-state index in [4.69, 9.17) is 11.6 Å². The van der Waals surface area contributed by atoms with E-state index in [0.717, 1.165) is 12.1 Å². The van der Waals surface area contributed by atoms with Crippen LogP contribution in [0.4, 0.5) is 18.9 Å². The Labute approximate surface area is 111 Å². The number of alkyl halides is 3. The molecule has 0 aliphatic heterocycles.